The first-order valence-electron chi connectivity index (χ1n) is 10.7. The number of benzene rings is 2. The number of carbonyl (C=O) groups is 2. The first-order valence-corrected chi connectivity index (χ1v) is 10.7. The predicted octanol–water partition coefficient (Wildman–Crippen LogP) is 3.41. The van der Waals surface area contributed by atoms with Gasteiger partial charge in [0.2, 0.25) is 0 Å². The van der Waals surface area contributed by atoms with Crippen LogP contribution in [0.1, 0.15) is 15.9 Å². The lowest BCUT2D eigenvalue weighted by Gasteiger charge is -2.21. The van der Waals surface area contributed by atoms with Crippen molar-refractivity contribution in [2.45, 2.75) is 6.54 Å². The number of hydrogen-bond acceptors (Lipinski definition) is 5. The van der Waals surface area contributed by atoms with Crippen LogP contribution in [0.5, 0.6) is 11.5 Å². The SMILES string of the molecule is O=C(O)c1cnn(C(=O)N2CC3CN(Cc4cccc(Oc5ccccc5)c4)CC3C2)c1. The molecule has 0 aliphatic carbocycles. The molecular weight excluding hydrogens is 408 g/mol. The third-order valence-electron chi connectivity index (χ3n) is 6.14. The van der Waals surface area contributed by atoms with Crippen molar-refractivity contribution in [3.05, 3.63) is 78.1 Å². The van der Waals surface area contributed by atoms with Crippen molar-refractivity contribution in [3.63, 3.8) is 0 Å². The van der Waals surface area contributed by atoms with E-state index in [1.807, 2.05) is 42.5 Å². The van der Waals surface area contributed by atoms with E-state index in [1.165, 1.54) is 18.0 Å². The van der Waals surface area contributed by atoms with Gasteiger partial charge in [0.25, 0.3) is 0 Å². The van der Waals surface area contributed by atoms with Crippen molar-refractivity contribution in [1.29, 1.82) is 0 Å². The highest BCUT2D eigenvalue weighted by Crippen LogP contribution is 2.32. The number of carboxylic acid groups (broad SMARTS) is 1. The van der Waals surface area contributed by atoms with Gasteiger partial charge >= 0.3 is 12.0 Å². The van der Waals surface area contributed by atoms with E-state index in [1.54, 1.807) is 4.90 Å². The highest BCUT2D eigenvalue weighted by molar-refractivity contribution is 5.88. The van der Waals surface area contributed by atoms with Gasteiger partial charge in [-0.1, -0.05) is 30.3 Å². The maximum Gasteiger partial charge on any atom is 0.344 e. The minimum atomic E-state index is -1.09. The van der Waals surface area contributed by atoms with Crippen LogP contribution in [-0.2, 0) is 6.54 Å². The first-order chi connectivity index (χ1) is 15.5. The summed E-state index contributed by atoms with van der Waals surface area (Å²) in [6, 6.07) is 17.6. The number of carboxylic acids is 1. The second-order valence-electron chi connectivity index (χ2n) is 8.44. The van der Waals surface area contributed by atoms with Crippen LogP contribution in [0.15, 0.2) is 67.0 Å². The number of hydrogen-bond donors (Lipinski definition) is 1. The molecule has 2 unspecified atom stereocenters. The molecule has 2 aromatic carbocycles. The van der Waals surface area contributed by atoms with Gasteiger partial charge in [0.05, 0.1) is 18.0 Å². The van der Waals surface area contributed by atoms with Crippen molar-refractivity contribution < 1.29 is 19.4 Å². The molecule has 3 heterocycles. The Morgan fingerprint density at radius 2 is 1.69 bits per heavy atom. The van der Waals surface area contributed by atoms with Gasteiger partial charge in [0.1, 0.15) is 11.5 Å². The number of rotatable bonds is 5. The number of para-hydroxylation sites is 1. The van der Waals surface area contributed by atoms with Crippen LogP contribution in [0.2, 0.25) is 0 Å². The van der Waals surface area contributed by atoms with Gasteiger partial charge in [-0.3, -0.25) is 4.90 Å². The van der Waals surface area contributed by atoms with Gasteiger partial charge in [0.15, 0.2) is 0 Å². The van der Waals surface area contributed by atoms with Gasteiger partial charge in [-0.05, 0) is 41.7 Å². The third-order valence-corrected chi connectivity index (χ3v) is 6.14. The Morgan fingerprint density at radius 1 is 0.969 bits per heavy atom. The fourth-order valence-electron chi connectivity index (χ4n) is 4.65. The Bertz CT molecular complexity index is 1120. The summed E-state index contributed by atoms with van der Waals surface area (Å²) in [5, 5.41) is 12.9. The fraction of sp³-hybridized carbons (Fsp3) is 0.292. The summed E-state index contributed by atoms with van der Waals surface area (Å²) in [6.45, 7) is 4.03. The molecule has 164 valence electrons. The van der Waals surface area contributed by atoms with E-state index >= 15 is 0 Å². The number of carbonyl (C=O) groups excluding carboxylic acids is 1. The Kier molecular flexibility index (Phi) is 5.36. The molecule has 2 aliphatic rings. The van der Waals surface area contributed by atoms with E-state index in [-0.39, 0.29) is 11.6 Å². The minimum Gasteiger partial charge on any atom is -0.478 e. The van der Waals surface area contributed by atoms with Crippen molar-refractivity contribution in [2.24, 2.45) is 11.8 Å². The normalized spacial score (nSPS) is 20.3. The number of aromatic nitrogens is 2. The van der Waals surface area contributed by atoms with E-state index < -0.39 is 5.97 Å². The number of likely N-dealkylation sites (tertiary alicyclic amines) is 2. The van der Waals surface area contributed by atoms with Gasteiger partial charge in [-0.25, -0.2) is 9.59 Å². The van der Waals surface area contributed by atoms with Crippen molar-refractivity contribution in [3.8, 4) is 11.5 Å². The maximum atomic E-state index is 12.7. The molecule has 2 fully saturated rings. The highest BCUT2D eigenvalue weighted by atomic mass is 16.5. The zero-order chi connectivity index (χ0) is 22.1. The van der Waals surface area contributed by atoms with E-state index in [9.17, 15) is 9.59 Å². The molecule has 0 spiro atoms. The Labute approximate surface area is 185 Å². The molecule has 0 saturated carbocycles. The molecule has 2 aliphatic heterocycles. The molecule has 2 atom stereocenters. The number of nitrogens with zero attached hydrogens (tertiary/aromatic N) is 4. The zero-order valence-electron chi connectivity index (χ0n) is 17.5. The van der Waals surface area contributed by atoms with E-state index in [0.29, 0.717) is 24.9 Å². The predicted molar refractivity (Wildman–Crippen MR) is 117 cm³/mol. The summed E-state index contributed by atoms with van der Waals surface area (Å²) >= 11 is 0. The molecule has 32 heavy (non-hydrogen) atoms. The number of amides is 1. The van der Waals surface area contributed by atoms with Crippen molar-refractivity contribution >= 4 is 12.0 Å². The van der Waals surface area contributed by atoms with E-state index in [2.05, 4.69) is 22.1 Å². The molecule has 1 amide bonds. The molecule has 1 aromatic heterocycles. The first kappa shape index (κ1) is 20.3. The standard InChI is InChI=1S/C24H24N4O4/c29-23(30)18-10-25-28(16-18)24(31)27-14-19-12-26(13-20(19)15-27)11-17-5-4-8-22(9-17)32-21-6-2-1-3-7-21/h1-10,16,19-20H,11-15H2,(H,29,30). The van der Waals surface area contributed by atoms with Crippen LogP contribution >= 0.6 is 0 Å². The second-order valence-corrected chi connectivity index (χ2v) is 8.44. The van der Waals surface area contributed by atoms with Crippen LogP contribution in [0, 0.1) is 11.8 Å². The van der Waals surface area contributed by atoms with Gasteiger partial charge in [-0.2, -0.15) is 9.78 Å². The minimum absolute atomic E-state index is 0.0161. The van der Waals surface area contributed by atoms with Crippen LogP contribution < -0.4 is 4.74 Å². The average molecular weight is 432 g/mol. The smallest absolute Gasteiger partial charge is 0.344 e. The van der Waals surface area contributed by atoms with Crippen LogP contribution in [-0.4, -0.2) is 62.9 Å². The van der Waals surface area contributed by atoms with E-state index in [4.69, 9.17) is 9.84 Å². The fourth-order valence-corrected chi connectivity index (χ4v) is 4.65. The van der Waals surface area contributed by atoms with Gasteiger partial charge < -0.3 is 14.7 Å². The molecule has 8 nitrogen and oxygen atoms in total. The van der Waals surface area contributed by atoms with Gasteiger partial charge in [-0.15, -0.1) is 0 Å². The van der Waals surface area contributed by atoms with Crippen molar-refractivity contribution in [2.75, 3.05) is 26.2 Å². The Balaban J connectivity index is 1.17. The van der Waals surface area contributed by atoms with Crippen LogP contribution in [0.25, 0.3) is 0 Å². The summed E-state index contributed by atoms with van der Waals surface area (Å²) in [5.41, 5.74) is 1.21. The van der Waals surface area contributed by atoms with Crippen LogP contribution in [0.4, 0.5) is 4.79 Å². The summed E-state index contributed by atoms with van der Waals surface area (Å²) in [7, 11) is 0. The quantitative estimate of drug-likeness (QED) is 0.665. The lowest BCUT2D eigenvalue weighted by atomic mass is 10.0. The second kappa shape index (κ2) is 8.47. The molecule has 3 aromatic rings. The highest BCUT2D eigenvalue weighted by Gasteiger charge is 2.42. The molecule has 5 rings (SSSR count). The Hall–Kier alpha value is -3.65. The monoisotopic (exact) mass is 432 g/mol. The van der Waals surface area contributed by atoms with Crippen molar-refractivity contribution in [1.82, 2.24) is 19.6 Å². The molecular formula is C24H24N4O4. The molecule has 0 bridgehead atoms. The summed E-state index contributed by atoms with van der Waals surface area (Å²) < 4.78 is 7.07. The average Bonchev–Trinajstić information content (AvgIpc) is 3.49. The molecule has 8 heteroatoms. The summed E-state index contributed by atoms with van der Waals surface area (Å²) in [4.78, 5) is 27.9. The molecule has 2 saturated heterocycles. The third kappa shape index (κ3) is 4.22. The zero-order valence-corrected chi connectivity index (χ0v) is 17.5. The molecule has 1 N–H and O–H groups in total. The topological polar surface area (TPSA) is 87.9 Å². The number of aromatic carboxylic acids is 1. The van der Waals surface area contributed by atoms with Crippen LogP contribution in [0.3, 0.4) is 0 Å². The van der Waals surface area contributed by atoms with E-state index in [0.717, 1.165) is 35.8 Å². The molecule has 0 radical (unpaired) electrons. The maximum absolute atomic E-state index is 12.7. The largest absolute Gasteiger partial charge is 0.478 e. The summed E-state index contributed by atoms with van der Waals surface area (Å²) in [5.74, 6) is 1.38. The number of ether oxygens (including phenoxy) is 1. The van der Waals surface area contributed by atoms with Gasteiger partial charge in [0, 0.05) is 32.7 Å². The lowest BCUT2D eigenvalue weighted by molar-refractivity contribution is 0.0697. The lowest BCUT2D eigenvalue weighted by Crippen LogP contribution is -2.36. The summed E-state index contributed by atoms with van der Waals surface area (Å²) in [6.07, 6.45) is 2.48. The Morgan fingerprint density at radius 3 is 2.38 bits per heavy atom. The number of fused-ring (bicyclic) bond motifs is 1.